The highest BCUT2D eigenvalue weighted by Gasteiger charge is 2.63. The van der Waals surface area contributed by atoms with Gasteiger partial charge in [-0.2, -0.15) is 5.26 Å². The molecule has 3 nitrogen and oxygen atoms in total. The largest absolute Gasteiger partial charge is 0.385 e. The van der Waals surface area contributed by atoms with Crippen LogP contribution in [-0.2, 0) is 4.79 Å². The lowest BCUT2D eigenvalue weighted by molar-refractivity contribution is -0.117. The molecule has 0 aromatic heterocycles. The second-order valence-corrected chi connectivity index (χ2v) is 9.55. The number of nitriles is 1. The lowest BCUT2D eigenvalue weighted by Gasteiger charge is -2.56. The fraction of sp³-hybridized carbons (Fsp3) is 0.714. The summed E-state index contributed by atoms with van der Waals surface area (Å²) < 4.78 is 1.95. The van der Waals surface area contributed by atoms with Crippen LogP contribution in [0.2, 0.25) is 0 Å². The van der Waals surface area contributed by atoms with Crippen LogP contribution in [0, 0.1) is 46.3 Å². The number of hydrogen-bond donors (Lipinski definition) is 1. The Hall–Kier alpha value is -0.670. The molecular weight excluding hydrogens is 425 g/mol. The number of carbonyl (C=O) groups excluding carboxylic acids is 1. The number of fused-ring (bicyclic) bond motifs is 5. The van der Waals surface area contributed by atoms with E-state index in [-0.39, 0.29) is 17.1 Å². The number of ketones is 1. The second-order valence-electron chi connectivity index (χ2n) is 8.83. The van der Waals surface area contributed by atoms with Crippen LogP contribution in [0.15, 0.2) is 21.8 Å². The molecule has 0 aliphatic heterocycles. The van der Waals surface area contributed by atoms with Crippen LogP contribution in [0.4, 0.5) is 0 Å². The number of allylic oxidation sites excluding steroid dienone is 1. The van der Waals surface area contributed by atoms with Gasteiger partial charge in [0, 0.05) is 11.8 Å². The first-order chi connectivity index (χ1) is 11.9. The molecule has 0 bridgehead atoms. The summed E-state index contributed by atoms with van der Waals surface area (Å²) in [5.74, 6) is 2.02. The van der Waals surface area contributed by atoms with Gasteiger partial charge in [-0.15, -0.1) is 0 Å². The summed E-state index contributed by atoms with van der Waals surface area (Å²) >= 11 is 2.20. The van der Waals surface area contributed by atoms with Gasteiger partial charge in [-0.25, -0.2) is 0 Å². The van der Waals surface area contributed by atoms with Crippen molar-refractivity contribution in [3.05, 3.63) is 21.8 Å². The van der Waals surface area contributed by atoms with Crippen LogP contribution in [0.3, 0.4) is 0 Å². The van der Waals surface area contributed by atoms with E-state index < -0.39 is 5.60 Å². The molecule has 0 saturated heterocycles. The van der Waals surface area contributed by atoms with Crippen LogP contribution in [0.25, 0.3) is 0 Å². The Morgan fingerprint density at radius 1 is 1.36 bits per heavy atom. The van der Waals surface area contributed by atoms with Crippen LogP contribution >= 0.6 is 22.6 Å². The molecule has 4 rings (SSSR count). The second kappa shape index (κ2) is 6.20. The lowest BCUT2D eigenvalue weighted by atomic mass is 9.48. The van der Waals surface area contributed by atoms with Crippen LogP contribution < -0.4 is 0 Å². The highest BCUT2D eigenvalue weighted by molar-refractivity contribution is 14.1. The lowest BCUT2D eigenvalue weighted by Crippen LogP contribution is -2.54. The Kier molecular flexibility index (Phi) is 4.39. The third kappa shape index (κ3) is 2.49. The number of aliphatic hydroxyl groups is 1. The molecule has 1 N–H and O–H groups in total. The van der Waals surface area contributed by atoms with E-state index in [9.17, 15) is 15.2 Å². The van der Waals surface area contributed by atoms with Gasteiger partial charge in [-0.1, -0.05) is 35.1 Å². The molecule has 0 aromatic carbocycles. The minimum atomic E-state index is -0.734. The zero-order valence-electron chi connectivity index (χ0n) is 14.7. The first-order valence-corrected chi connectivity index (χ1v) is 10.8. The molecule has 7 atom stereocenters. The van der Waals surface area contributed by atoms with E-state index in [1.807, 2.05) is 16.2 Å². The minimum absolute atomic E-state index is 0.00560. The maximum absolute atomic E-state index is 11.9. The average molecular weight is 451 g/mol. The van der Waals surface area contributed by atoms with Crippen LogP contribution in [-0.4, -0.2) is 16.5 Å². The Bertz CT molecular complexity index is 692. The van der Waals surface area contributed by atoms with Gasteiger partial charge in [0.1, 0.15) is 0 Å². The van der Waals surface area contributed by atoms with Crippen molar-refractivity contribution in [2.75, 3.05) is 0 Å². The maximum Gasteiger partial charge on any atom is 0.155 e. The number of halogens is 1. The zero-order valence-corrected chi connectivity index (χ0v) is 16.9. The smallest absolute Gasteiger partial charge is 0.155 e. The maximum atomic E-state index is 11.9. The Morgan fingerprint density at radius 3 is 2.88 bits per heavy atom. The zero-order chi connectivity index (χ0) is 17.8. The molecule has 25 heavy (non-hydrogen) atoms. The van der Waals surface area contributed by atoms with E-state index in [0.29, 0.717) is 30.1 Å². The van der Waals surface area contributed by atoms with E-state index in [4.69, 9.17) is 0 Å². The number of carbonyl (C=O) groups is 1. The molecular formula is C21H26INO2. The fourth-order valence-electron chi connectivity index (χ4n) is 6.79. The van der Waals surface area contributed by atoms with Crippen molar-refractivity contribution in [3.63, 3.8) is 0 Å². The van der Waals surface area contributed by atoms with E-state index in [1.165, 1.54) is 5.57 Å². The average Bonchev–Trinajstić information content (AvgIpc) is 2.85. The first-order valence-electron chi connectivity index (χ1n) is 9.57. The fourth-order valence-corrected chi connectivity index (χ4v) is 7.39. The van der Waals surface area contributed by atoms with Gasteiger partial charge < -0.3 is 5.11 Å². The standard InChI is InChI=1S/C21H26INO2/c1-20-6-4-17-16-3-2-15(24)11-13(16)10-14(12-23)19(17)18(20)5-7-21(20,25)8-9-22/h8-9,11,14,16-19,25H,2-7,10H2,1H3/b9-8+/t14-,16-,17+,18-,19+,20-,21+/m0/s1. The predicted octanol–water partition coefficient (Wildman–Crippen LogP) is 4.56. The van der Waals surface area contributed by atoms with Crippen molar-refractivity contribution >= 4 is 28.4 Å². The van der Waals surface area contributed by atoms with Crippen molar-refractivity contribution in [2.45, 2.75) is 57.5 Å². The van der Waals surface area contributed by atoms with Gasteiger partial charge in [0.25, 0.3) is 0 Å². The molecule has 0 unspecified atom stereocenters. The number of hydrogen-bond acceptors (Lipinski definition) is 3. The summed E-state index contributed by atoms with van der Waals surface area (Å²) in [6.07, 6.45) is 10.1. The van der Waals surface area contributed by atoms with Crippen molar-refractivity contribution in [2.24, 2.45) is 35.0 Å². The molecule has 0 radical (unpaired) electrons. The van der Waals surface area contributed by atoms with E-state index in [1.54, 1.807) is 0 Å². The summed E-state index contributed by atoms with van der Waals surface area (Å²) in [7, 11) is 0. The Balaban J connectivity index is 1.72. The minimum Gasteiger partial charge on any atom is -0.385 e. The van der Waals surface area contributed by atoms with Crippen LogP contribution in [0.5, 0.6) is 0 Å². The highest BCUT2D eigenvalue weighted by Crippen LogP contribution is 2.66. The summed E-state index contributed by atoms with van der Waals surface area (Å²) in [5.41, 5.74) is 0.382. The summed E-state index contributed by atoms with van der Waals surface area (Å²) in [6.45, 7) is 2.25. The SMILES string of the molecule is C[C@]12CC[C@H]3[C@@H]([C@H](C#N)CC4=CC(=O)CC[C@@H]43)[C@@H]1CC[C@@]2(O)/C=C/I. The Labute approximate surface area is 163 Å². The Morgan fingerprint density at radius 2 is 2.16 bits per heavy atom. The molecule has 4 aliphatic carbocycles. The van der Waals surface area contributed by atoms with Crippen LogP contribution in [0.1, 0.15) is 51.9 Å². The van der Waals surface area contributed by atoms with E-state index in [0.717, 1.165) is 38.5 Å². The molecule has 0 amide bonds. The highest BCUT2D eigenvalue weighted by atomic mass is 127. The van der Waals surface area contributed by atoms with Crippen molar-refractivity contribution < 1.29 is 9.90 Å². The molecule has 4 heteroatoms. The van der Waals surface area contributed by atoms with Gasteiger partial charge in [0.15, 0.2) is 5.78 Å². The first kappa shape index (κ1) is 17.7. The summed E-state index contributed by atoms with van der Waals surface area (Å²) in [6, 6.07) is 2.59. The monoisotopic (exact) mass is 451 g/mol. The number of rotatable bonds is 1. The van der Waals surface area contributed by atoms with Gasteiger partial charge in [0.05, 0.1) is 17.6 Å². The third-order valence-electron chi connectivity index (χ3n) is 8.07. The van der Waals surface area contributed by atoms with Gasteiger partial charge in [-0.3, -0.25) is 4.79 Å². The van der Waals surface area contributed by atoms with Gasteiger partial charge in [-0.05, 0) is 78.4 Å². The summed E-state index contributed by atoms with van der Waals surface area (Å²) in [5, 5.41) is 21.2. The molecule has 0 heterocycles. The van der Waals surface area contributed by atoms with E-state index in [2.05, 4.69) is 35.6 Å². The quantitative estimate of drug-likeness (QED) is 0.595. The van der Waals surface area contributed by atoms with Gasteiger partial charge in [0.2, 0.25) is 0 Å². The summed E-state index contributed by atoms with van der Waals surface area (Å²) in [4.78, 5) is 11.9. The number of nitrogens with zero attached hydrogens (tertiary/aromatic N) is 1. The predicted molar refractivity (Wildman–Crippen MR) is 105 cm³/mol. The van der Waals surface area contributed by atoms with Crippen molar-refractivity contribution in [3.8, 4) is 6.07 Å². The van der Waals surface area contributed by atoms with E-state index >= 15 is 0 Å². The normalized spacial score (nSPS) is 49.1. The molecule has 4 aliphatic rings. The molecule has 3 saturated carbocycles. The van der Waals surface area contributed by atoms with Gasteiger partial charge >= 0.3 is 0 Å². The van der Waals surface area contributed by atoms with Crippen molar-refractivity contribution in [1.29, 1.82) is 5.26 Å². The van der Waals surface area contributed by atoms with Crippen molar-refractivity contribution in [1.82, 2.24) is 0 Å². The molecule has 0 spiro atoms. The molecule has 134 valence electrons. The molecule has 0 aromatic rings. The molecule has 3 fully saturated rings. The topological polar surface area (TPSA) is 61.1 Å². The third-order valence-corrected chi connectivity index (χ3v) is 8.43.